The topological polar surface area (TPSA) is 63.1 Å². The first-order valence-corrected chi connectivity index (χ1v) is 8.58. The lowest BCUT2D eigenvalue weighted by Crippen LogP contribution is -2.32. The molecule has 1 aromatic carbocycles. The number of urea groups is 1. The fourth-order valence-electron chi connectivity index (χ4n) is 3.33. The van der Waals surface area contributed by atoms with Crippen LogP contribution in [-0.2, 0) is 7.05 Å². The van der Waals surface area contributed by atoms with Gasteiger partial charge in [0.05, 0.1) is 0 Å². The molecular weight excluding hydrogens is 338 g/mol. The molecule has 0 radical (unpaired) electrons. The first-order chi connectivity index (χ1) is 12.1. The molecule has 128 valence electrons. The summed E-state index contributed by atoms with van der Waals surface area (Å²) in [4.78, 5) is 23.4. The van der Waals surface area contributed by atoms with Gasteiger partial charge in [0.1, 0.15) is 11.3 Å². The van der Waals surface area contributed by atoms with Gasteiger partial charge in [-0.05, 0) is 36.8 Å². The summed E-state index contributed by atoms with van der Waals surface area (Å²) < 4.78 is 2.03. The zero-order valence-corrected chi connectivity index (χ0v) is 14.6. The van der Waals surface area contributed by atoms with E-state index < -0.39 is 0 Å². The number of pyridine rings is 1. The molecule has 1 aliphatic rings. The van der Waals surface area contributed by atoms with E-state index in [9.17, 15) is 4.79 Å². The summed E-state index contributed by atoms with van der Waals surface area (Å²) in [6.45, 7) is 1.34. The predicted octanol–water partition coefficient (Wildman–Crippen LogP) is 3.64. The van der Waals surface area contributed by atoms with Gasteiger partial charge in [-0.15, -0.1) is 0 Å². The number of imidazole rings is 1. The molecule has 1 fully saturated rings. The second-order valence-electron chi connectivity index (χ2n) is 6.25. The monoisotopic (exact) mass is 355 g/mol. The van der Waals surface area contributed by atoms with Gasteiger partial charge in [-0.1, -0.05) is 17.7 Å². The predicted molar refractivity (Wildman–Crippen MR) is 97.9 cm³/mol. The molecule has 0 spiro atoms. The summed E-state index contributed by atoms with van der Waals surface area (Å²) in [5.74, 6) is 1.19. The Balaban J connectivity index is 1.49. The number of aryl methyl sites for hydroxylation is 1. The van der Waals surface area contributed by atoms with Gasteiger partial charge < -0.3 is 14.8 Å². The van der Waals surface area contributed by atoms with Gasteiger partial charge in [-0.2, -0.15) is 0 Å². The summed E-state index contributed by atoms with van der Waals surface area (Å²) in [6.07, 6.45) is 2.66. The highest BCUT2D eigenvalue weighted by Gasteiger charge is 2.30. The Morgan fingerprint density at radius 1 is 1.32 bits per heavy atom. The molecule has 0 bridgehead atoms. The van der Waals surface area contributed by atoms with Crippen LogP contribution in [0.2, 0.25) is 5.02 Å². The molecular formula is C18H18ClN5O. The maximum Gasteiger partial charge on any atom is 0.321 e. The number of hydrogen-bond donors (Lipinski definition) is 1. The molecule has 4 rings (SSSR count). The second kappa shape index (κ2) is 6.37. The molecule has 0 unspecified atom stereocenters. The summed E-state index contributed by atoms with van der Waals surface area (Å²) in [6, 6.07) is 10.9. The molecule has 0 saturated carbocycles. The van der Waals surface area contributed by atoms with Crippen molar-refractivity contribution in [2.75, 3.05) is 18.4 Å². The quantitative estimate of drug-likeness (QED) is 0.763. The summed E-state index contributed by atoms with van der Waals surface area (Å²) in [5, 5.41) is 3.50. The van der Waals surface area contributed by atoms with E-state index in [0.717, 1.165) is 23.4 Å². The summed E-state index contributed by atoms with van der Waals surface area (Å²) in [5.41, 5.74) is 2.47. The average molecular weight is 356 g/mol. The van der Waals surface area contributed by atoms with Crippen LogP contribution < -0.4 is 5.32 Å². The minimum Gasteiger partial charge on any atom is -0.324 e. The van der Waals surface area contributed by atoms with E-state index in [1.807, 2.05) is 40.8 Å². The second-order valence-corrected chi connectivity index (χ2v) is 6.68. The number of aromatic nitrogens is 3. The fourth-order valence-corrected chi connectivity index (χ4v) is 3.52. The molecule has 3 heterocycles. The maximum atomic E-state index is 12.5. The third-order valence-corrected chi connectivity index (χ3v) is 4.81. The van der Waals surface area contributed by atoms with E-state index in [4.69, 9.17) is 16.6 Å². The molecule has 1 N–H and O–H groups in total. The van der Waals surface area contributed by atoms with Crippen molar-refractivity contribution in [3.63, 3.8) is 0 Å². The van der Waals surface area contributed by atoms with Crippen molar-refractivity contribution in [1.82, 2.24) is 19.4 Å². The van der Waals surface area contributed by atoms with Crippen molar-refractivity contribution in [2.24, 2.45) is 7.05 Å². The summed E-state index contributed by atoms with van der Waals surface area (Å²) >= 11 is 5.97. The zero-order chi connectivity index (χ0) is 17.4. The number of carbonyl (C=O) groups excluding carboxylic acids is 1. The number of hydrogen-bond acceptors (Lipinski definition) is 3. The molecule has 1 atom stereocenters. The Hall–Kier alpha value is -2.60. The van der Waals surface area contributed by atoms with E-state index in [0.29, 0.717) is 23.8 Å². The van der Waals surface area contributed by atoms with Crippen LogP contribution in [0.25, 0.3) is 11.2 Å². The fraction of sp³-hybridized carbons (Fsp3) is 0.278. The third-order valence-electron chi connectivity index (χ3n) is 4.58. The number of nitrogens with one attached hydrogen (secondary N) is 1. The zero-order valence-electron chi connectivity index (χ0n) is 13.8. The lowest BCUT2D eigenvalue weighted by molar-refractivity contribution is 0.222. The third kappa shape index (κ3) is 3.05. The lowest BCUT2D eigenvalue weighted by atomic mass is 10.1. The molecule has 6 nitrogen and oxygen atoms in total. The highest BCUT2D eigenvalue weighted by Crippen LogP contribution is 2.28. The van der Waals surface area contributed by atoms with Crippen LogP contribution >= 0.6 is 11.6 Å². The number of amides is 2. The van der Waals surface area contributed by atoms with E-state index >= 15 is 0 Å². The van der Waals surface area contributed by atoms with Crippen molar-refractivity contribution >= 4 is 34.5 Å². The number of anilines is 1. The number of nitrogens with zero attached hydrogens (tertiary/aromatic N) is 4. The molecule has 0 aliphatic carbocycles. The van der Waals surface area contributed by atoms with Gasteiger partial charge in [0.25, 0.3) is 0 Å². The number of halogens is 1. The van der Waals surface area contributed by atoms with Gasteiger partial charge in [0.2, 0.25) is 0 Å². The Kier molecular flexibility index (Phi) is 4.05. The normalized spacial score (nSPS) is 17.2. The van der Waals surface area contributed by atoms with Crippen molar-refractivity contribution in [3.8, 4) is 0 Å². The van der Waals surface area contributed by atoms with Crippen LogP contribution in [0.5, 0.6) is 0 Å². The number of carbonyl (C=O) groups is 1. The van der Waals surface area contributed by atoms with Crippen LogP contribution in [0.1, 0.15) is 18.2 Å². The SMILES string of the molecule is Cn1c([C@H]2CCN(C(=O)Nc3cccc(Cl)c3)C2)nc2cccnc21. The summed E-state index contributed by atoms with van der Waals surface area (Å²) in [7, 11) is 1.98. The van der Waals surface area contributed by atoms with Crippen LogP contribution in [-0.4, -0.2) is 38.6 Å². The lowest BCUT2D eigenvalue weighted by Gasteiger charge is -2.17. The van der Waals surface area contributed by atoms with Crippen molar-refractivity contribution < 1.29 is 4.79 Å². The Bertz CT molecular complexity index is 938. The Labute approximate surface area is 150 Å². The molecule has 25 heavy (non-hydrogen) atoms. The van der Waals surface area contributed by atoms with E-state index in [-0.39, 0.29) is 11.9 Å². The van der Waals surface area contributed by atoms with Crippen molar-refractivity contribution in [3.05, 3.63) is 53.4 Å². The number of fused-ring (bicyclic) bond motifs is 1. The first kappa shape index (κ1) is 15.9. The van der Waals surface area contributed by atoms with Gasteiger partial charge in [-0.25, -0.2) is 14.8 Å². The smallest absolute Gasteiger partial charge is 0.321 e. The number of benzene rings is 1. The van der Waals surface area contributed by atoms with Crippen molar-refractivity contribution in [2.45, 2.75) is 12.3 Å². The first-order valence-electron chi connectivity index (χ1n) is 8.20. The van der Waals surface area contributed by atoms with Gasteiger partial charge in [-0.3, -0.25) is 0 Å². The number of rotatable bonds is 2. The molecule has 2 aromatic heterocycles. The van der Waals surface area contributed by atoms with Crippen molar-refractivity contribution in [1.29, 1.82) is 0 Å². The molecule has 1 saturated heterocycles. The van der Waals surface area contributed by atoms with Crippen LogP contribution in [0.4, 0.5) is 10.5 Å². The van der Waals surface area contributed by atoms with Crippen LogP contribution in [0.15, 0.2) is 42.6 Å². The van der Waals surface area contributed by atoms with E-state index in [1.54, 1.807) is 18.3 Å². The van der Waals surface area contributed by atoms with Crippen LogP contribution in [0.3, 0.4) is 0 Å². The highest BCUT2D eigenvalue weighted by molar-refractivity contribution is 6.30. The Morgan fingerprint density at radius 3 is 3.00 bits per heavy atom. The molecule has 7 heteroatoms. The largest absolute Gasteiger partial charge is 0.324 e. The minimum atomic E-state index is -0.110. The molecule has 1 aliphatic heterocycles. The van der Waals surface area contributed by atoms with Crippen LogP contribution in [0, 0.1) is 0 Å². The molecule has 3 aromatic rings. The standard InChI is InChI=1S/C18H18ClN5O/c1-23-16(22-15-6-3-8-20-17(15)23)12-7-9-24(11-12)18(25)21-14-5-2-4-13(19)10-14/h2-6,8,10,12H,7,9,11H2,1H3,(H,21,25)/t12-/m0/s1. The highest BCUT2D eigenvalue weighted by atomic mass is 35.5. The van der Waals surface area contributed by atoms with Gasteiger partial charge in [0, 0.05) is 43.0 Å². The minimum absolute atomic E-state index is 0.110. The van der Waals surface area contributed by atoms with E-state index in [1.165, 1.54) is 0 Å². The van der Waals surface area contributed by atoms with Gasteiger partial charge in [0.15, 0.2) is 5.65 Å². The van der Waals surface area contributed by atoms with E-state index in [2.05, 4.69) is 10.3 Å². The maximum absolute atomic E-state index is 12.5. The Morgan fingerprint density at radius 2 is 2.20 bits per heavy atom. The average Bonchev–Trinajstić information content (AvgIpc) is 3.20. The number of likely N-dealkylation sites (tertiary alicyclic amines) is 1. The van der Waals surface area contributed by atoms with Gasteiger partial charge >= 0.3 is 6.03 Å². The molecule has 2 amide bonds.